The second kappa shape index (κ2) is 2.79. The van der Waals surface area contributed by atoms with Crippen molar-refractivity contribution in [2.75, 3.05) is 6.54 Å². The molecule has 0 unspecified atom stereocenters. The number of aliphatic hydroxyl groups excluding tert-OH is 1. The van der Waals surface area contributed by atoms with E-state index in [0.29, 0.717) is 6.54 Å². The van der Waals surface area contributed by atoms with E-state index < -0.39 is 0 Å². The fourth-order valence-electron chi connectivity index (χ4n) is 1.11. The normalized spacial score (nSPS) is 21.1. The average Bonchev–Trinajstić information content (AvgIpc) is 2.03. The lowest BCUT2D eigenvalue weighted by Crippen LogP contribution is -2.30. The summed E-state index contributed by atoms with van der Waals surface area (Å²) in [6.45, 7) is 0.498. The molecule has 0 aromatic carbocycles. The van der Waals surface area contributed by atoms with Crippen molar-refractivity contribution in [1.82, 2.24) is 4.90 Å². The van der Waals surface area contributed by atoms with Crippen LogP contribution in [0, 0.1) is 0 Å². The van der Waals surface area contributed by atoms with Gasteiger partial charge in [0, 0.05) is 10.7 Å². The molecule has 2 aliphatic rings. The highest BCUT2D eigenvalue weighted by Crippen LogP contribution is 2.18. The highest BCUT2D eigenvalue weighted by molar-refractivity contribution is 9.11. The SMILES string of the molecule is OC1=CN=C2C=CC(Br)=CN2C1. The molecule has 12 heavy (non-hydrogen) atoms. The van der Waals surface area contributed by atoms with Gasteiger partial charge in [-0.15, -0.1) is 0 Å². The van der Waals surface area contributed by atoms with E-state index in [4.69, 9.17) is 0 Å². The van der Waals surface area contributed by atoms with Crippen molar-refractivity contribution in [3.63, 3.8) is 0 Å². The van der Waals surface area contributed by atoms with Crippen molar-refractivity contribution in [3.8, 4) is 0 Å². The number of nitrogens with zero attached hydrogens (tertiary/aromatic N) is 2. The lowest BCUT2D eigenvalue weighted by atomic mass is 10.3. The number of allylic oxidation sites excluding steroid dienone is 2. The van der Waals surface area contributed by atoms with Crippen LogP contribution in [0.3, 0.4) is 0 Å². The Labute approximate surface area is 78.5 Å². The van der Waals surface area contributed by atoms with Crippen molar-refractivity contribution in [2.45, 2.75) is 0 Å². The molecule has 0 radical (unpaired) electrons. The molecule has 4 heteroatoms. The quantitative estimate of drug-likeness (QED) is 0.686. The number of aliphatic hydroxyl groups is 1. The van der Waals surface area contributed by atoms with Crippen LogP contribution < -0.4 is 0 Å². The molecule has 0 fully saturated rings. The standard InChI is InChI=1S/C8H7BrN2O/c9-6-1-2-8-10-3-7(12)5-11(8)4-6/h1-4,12H,5H2. The third-order valence-corrected chi connectivity index (χ3v) is 2.11. The number of rotatable bonds is 0. The van der Waals surface area contributed by atoms with Crippen LogP contribution in [0.15, 0.2) is 39.8 Å². The summed E-state index contributed by atoms with van der Waals surface area (Å²) >= 11 is 3.35. The maximum atomic E-state index is 9.18. The highest BCUT2D eigenvalue weighted by Gasteiger charge is 2.15. The van der Waals surface area contributed by atoms with Crippen molar-refractivity contribution in [1.29, 1.82) is 0 Å². The smallest absolute Gasteiger partial charge is 0.133 e. The maximum Gasteiger partial charge on any atom is 0.133 e. The molecule has 2 heterocycles. The van der Waals surface area contributed by atoms with Gasteiger partial charge < -0.3 is 10.0 Å². The van der Waals surface area contributed by atoms with Crippen LogP contribution in [0.1, 0.15) is 0 Å². The Kier molecular flexibility index (Phi) is 1.77. The first-order valence-electron chi connectivity index (χ1n) is 3.53. The van der Waals surface area contributed by atoms with E-state index in [1.165, 1.54) is 6.20 Å². The number of amidine groups is 1. The minimum absolute atomic E-state index is 0.283. The van der Waals surface area contributed by atoms with Crippen molar-refractivity contribution < 1.29 is 5.11 Å². The summed E-state index contributed by atoms with van der Waals surface area (Å²) < 4.78 is 0.983. The molecular formula is C8H7BrN2O. The lowest BCUT2D eigenvalue weighted by molar-refractivity contribution is 0.358. The second-order valence-electron chi connectivity index (χ2n) is 2.58. The first kappa shape index (κ1) is 7.61. The number of fused-ring (bicyclic) bond motifs is 1. The van der Waals surface area contributed by atoms with Gasteiger partial charge in [-0.05, 0) is 28.1 Å². The second-order valence-corrected chi connectivity index (χ2v) is 3.50. The Morgan fingerprint density at radius 1 is 1.50 bits per heavy atom. The minimum atomic E-state index is 0.283. The van der Waals surface area contributed by atoms with Gasteiger partial charge >= 0.3 is 0 Å². The van der Waals surface area contributed by atoms with E-state index >= 15 is 0 Å². The van der Waals surface area contributed by atoms with Crippen LogP contribution in [0.25, 0.3) is 0 Å². The fraction of sp³-hybridized carbons (Fsp3) is 0.125. The van der Waals surface area contributed by atoms with E-state index in [9.17, 15) is 5.11 Å². The zero-order valence-electron chi connectivity index (χ0n) is 6.24. The molecule has 0 spiro atoms. The van der Waals surface area contributed by atoms with Gasteiger partial charge in [-0.25, -0.2) is 4.99 Å². The lowest BCUT2D eigenvalue weighted by Gasteiger charge is -2.24. The number of hydrogen-bond donors (Lipinski definition) is 1. The summed E-state index contributed by atoms with van der Waals surface area (Å²) in [7, 11) is 0. The Morgan fingerprint density at radius 3 is 3.17 bits per heavy atom. The summed E-state index contributed by atoms with van der Waals surface area (Å²) in [5.41, 5.74) is 0. The predicted molar refractivity (Wildman–Crippen MR) is 51.0 cm³/mol. The van der Waals surface area contributed by atoms with Crippen LogP contribution in [-0.2, 0) is 0 Å². The predicted octanol–water partition coefficient (Wildman–Crippen LogP) is 1.91. The maximum absolute atomic E-state index is 9.18. The molecule has 2 aliphatic heterocycles. The summed E-state index contributed by atoms with van der Waals surface area (Å²) in [6, 6.07) is 0. The summed E-state index contributed by atoms with van der Waals surface area (Å²) in [6.07, 6.45) is 7.18. The van der Waals surface area contributed by atoms with Crippen LogP contribution in [0.2, 0.25) is 0 Å². The molecule has 0 saturated carbocycles. The summed E-state index contributed by atoms with van der Waals surface area (Å²) in [4.78, 5) is 5.92. The number of hydrogen-bond acceptors (Lipinski definition) is 3. The van der Waals surface area contributed by atoms with Gasteiger partial charge in [-0.2, -0.15) is 0 Å². The van der Waals surface area contributed by atoms with Gasteiger partial charge in [0.2, 0.25) is 0 Å². The third kappa shape index (κ3) is 1.30. The molecule has 0 aromatic rings. The Bertz CT molecular complexity index is 328. The van der Waals surface area contributed by atoms with Crippen LogP contribution in [0.5, 0.6) is 0 Å². The molecule has 0 atom stereocenters. The molecule has 0 bridgehead atoms. The monoisotopic (exact) mass is 226 g/mol. The van der Waals surface area contributed by atoms with Crippen LogP contribution in [0.4, 0.5) is 0 Å². The summed E-state index contributed by atoms with van der Waals surface area (Å²) in [5.74, 6) is 1.14. The molecule has 0 aliphatic carbocycles. The first-order valence-corrected chi connectivity index (χ1v) is 4.33. The van der Waals surface area contributed by atoms with Gasteiger partial charge in [0.05, 0.1) is 12.7 Å². The molecule has 3 nitrogen and oxygen atoms in total. The molecule has 62 valence electrons. The van der Waals surface area contributed by atoms with E-state index in [-0.39, 0.29) is 5.76 Å². The van der Waals surface area contributed by atoms with Gasteiger partial charge in [-0.3, -0.25) is 0 Å². The topological polar surface area (TPSA) is 35.8 Å². The van der Waals surface area contributed by atoms with Gasteiger partial charge in [0.1, 0.15) is 11.6 Å². The van der Waals surface area contributed by atoms with Crippen molar-refractivity contribution in [3.05, 3.63) is 34.8 Å². The third-order valence-electron chi connectivity index (χ3n) is 1.64. The number of aliphatic imine (C=N–C) groups is 1. The van der Waals surface area contributed by atoms with Crippen LogP contribution >= 0.6 is 15.9 Å². The van der Waals surface area contributed by atoms with E-state index in [1.807, 2.05) is 23.3 Å². The van der Waals surface area contributed by atoms with E-state index in [0.717, 1.165) is 10.3 Å². The van der Waals surface area contributed by atoms with Crippen molar-refractivity contribution in [2.24, 2.45) is 4.99 Å². The van der Waals surface area contributed by atoms with Crippen LogP contribution in [-0.4, -0.2) is 22.4 Å². The van der Waals surface area contributed by atoms with E-state index in [2.05, 4.69) is 20.9 Å². The minimum Gasteiger partial charge on any atom is -0.509 e. The highest BCUT2D eigenvalue weighted by atomic mass is 79.9. The zero-order chi connectivity index (χ0) is 8.55. The molecule has 0 saturated heterocycles. The van der Waals surface area contributed by atoms with Gasteiger partial charge in [0.25, 0.3) is 0 Å². The van der Waals surface area contributed by atoms with Gasteiger partial charge in [-0.1, -0.05) is 0 Å². The molecule has 1 N–H and O–H groups in total. The molecule has 2 rings (SSSR count). The van der Waals surface area contributed by atoms with Crippen molar-refractivity contribution >= 4 is 21.8 Å². The van der Waals surface area contributed by atoms with E-state index in [1.54, 1.807) is 0 Å². The Morgan fingerprint density at radius 2 is 2.33 bits per heavy atom. The fourth-order valence-corrected chi connectivity index (χ4v) is 1.49. The molecule has 0 amide bonds. The van der Waals surface area contributed by atoms with Gasteiger partial charge in [0.15, 0.2) is 0 Å². The largest absolute Gasteiger partial charge is 0.509 e. The average molecular weight is 227 g/mol. The Balaban J connectivity index is 2.33. The molecular weight excluding hydrogens is 220 g/mol. The molecule has 0 aromatic heterocycles. The zero-order valence-corrected chi connectivity index (χ0v) is 7.82. The Hall–Kier alpha value is -1.03. The number of halogens is 1. The summed E-state index contributed by atoms with van der Waals surface area (Å²) in [5, 5.41) is 9.18. The first-order chi connectivity index (χ1) is 5.75.